The van der Waals surface area contributed by atoms with Crippen LogP contribution in [0.4, 0.5) is 4.79 Å². The molecule has 11 heteroatoms. The summed E-state index contributed by atoms with van der Waals surface area (Å²) in [6.07, 6.45) is -1.42. The molecule has 3 atom stereocenters. The van der Waals surface area contributed by atoms with E-state index in [1.165, 1.54) is 4.90 Å². The molecular formula is C31H38N4O7. The number of carbonyl (C=O) groups is 3. The molecular weight excluding hydrogens is 540 g/mol. The number of carbonyl (C=O) groups excluding carboxylic acids is 2. The Morgan fingerprint density at radius 2 is 1.71 bits per heavy atom. The molecule has 0 aliphatic carbocycles. The van der Waals surface area contributed by atoms with Gasteiger partial charge >= 0.3 is 12.1 Å². The van der Waals surface area contributed by atoms with E-state index in [-0.39, 0.29) is 18.8 Å². The van der Waals surface area contributed by atoms with Crippen LogP contribution >= 0.6 is 0 Å². The molecule has 1 fully saturated rings. The van der Waals surface area contributed by atoms with Gasteiger partial charge in [-0.25, -0.2) is 14.6 Å². The SMILES string of the molecule is COc1ccc2nc(-c3ccccc3)nc(OC3CC(C(=O)O)N(C(=O)[C@@H](NC(=O)OC(C)(C)C)C(C)(C)C)C3)c2c1. The second kappa shape index (κ2) is 11.8. The molecule has 2 heterocycles. The summed E-state index contributed by atoms with van der Waals surface area (Å²) < 4.78 is 17.1. The Morgan fingerprint density at radius 3 is 2.31 bits per heavy atom. The highest BCUT2D eigenvalue weighted by Gasteiger charge is 2.46. The second-order valence-electron chi connectivity index (χ2n) is 12.4. The van der Waals surface area contributed by atoms with Crippen molar-refractivity contribution in [3.63, 3.8) is 0 Å². The number of fused-ring (bicyclic) bond motifs is 1. The van der Waals surface area contributed by atoms with Gasteiger partial charge in [-0.2, -0.15) is 4.98 Å². The van der Waals surface area contributed by atoms with Gasteiger partial charge in [0.1, 0.15) is 29.5 Å². The Bertz CT molecular complexity index is 1460. The van der Waals surface area contributed by atoms with Gasteiger partial charge in [-0.05, 0) is 44.4 Å². The van der Waals surface area contributed by atoms with Crippen LogP contribution in [0.1, 0.15) is 48.0 Å². The zero-order valence-corrected chi connectivity index (χ0v) is 25.0. The molecule has 0 bridgehead atoms. The maximum Gasteiger partial charge on any atom is 0.408 e. The lowest BCUT2D eigenvalue weighted by Crippen LogP contribution is -2.57. The van der Waals surface area contributed by atoms with Crippen LogP contribution in [-0.4, -0.2) is 75.4 Å². The van der Waals surface area contributed by atoms with Gasteiger partial charge in [0.15, 0.2) is 5.82 Å². The molecule has 11 nitrogen and oxygen atoms in total. The van der Waals surface area contributed by atoms with E-state index in [1.54, 1.807) is 66.9 Å². The summed E-state index contributed by atoms with van der Waals surface area (Å²) in [4.78, 5) is 49.4. The number of nitrogens with one attached hydrogen (secondary N) is 1. The number of ether oxygens (including phenoxy) is 3. The minimum Gasteiger partial charge on any atom is -0.497 e. The van der Waals surface area contributed by atoms with E-state index in [0.29, 0.717) is 22.5 Å². The minimum atomic E-state index is -1.17. The summed E-state index contributed by atoms with van der Waals surface area (Å²) in [5.41, 5.74) is -0.101. The average Bonchev–Trinajstić information content (AvgIpc) is 3.34. The summed E-state index contributed by atoms with van der Waals surface area (Å²) in [6, 6.07) is 12.6. The van der Waals surface area contributed by atoms with E-state index in [4.69, 9.17) is 14.2 Å². The number of benzene rings is 2. The molecule has 0 saturated carbocycles. The molecule has 224 valence electrons. The van der Waals surface area contributed by atoms with Crippen molar-refractivity contribution < 1.29 is 33.7 Å². The van der Waals surface area contributed by atoms with Crippen molar-refractivity contribution in [3.8, 4) is 23.0 Å². The Hall–Kier alpha value is -4.41. The third-order valence-corrected chi connectivity index (χ3v) is 6.78. The van der Waals surface area contributed by atoms with Gasteiger partial charge in [0.25, 0.3) is 0 Å². The van der Waals surface area contributed by atoms with Crippen LogP contribution in [-0.2, 0) is 14.3 Å². The number of methoxy groups -OCH3 is 1. The molecule has 4 rings (SSSR count). The number of carboxylic acids is 1. The second-order valence-corrected chi connectivity index (χ2v) is 12.4. The molecule has 1 aliphatic heterocycles. The number of hydrogen-bond acceptors (Lipinski definition) is 8. The van der Waals surface area contributed by atoms with Gasteiger partial charge in [0, 0.05) is 12.0 Å². The van der Waals surface area contributed by atoms with Crippen molar-refractivity contribution in [2.24, 2.45) is 5.41 Å². The van der Waals surface area contributed by atoms with Crippen molar-refractivity contribution in [3.05, 3.63) is 48.5 Å². The van der Waals surface area contributed by atoms with Gasteiger partial charge in [-0.1, -0.05) is 51.1 Å². The van der Waals surface area contributed by atoms with Crippen LogP contribution < -0.4 is 14.8 Å². The average molecular weight is 579 g/mol. The van der Waals surface area contributed by atoms with Gasteiger partial charge in [0.05, 0.1) is 24.6 Å². The number of nitrogens with zero attached hydrogens (tertiary/aromatic N) is 3. The molecule has 2 unspecified atom stereocenters. The van der Waals surface area contributed by atoms with Crippen molar-refractivity contribution in [2.75, 3.05) is 13.7 Å². The van der Waals surface area contributed by atoms with Crippen molar-refractivity contribution >= 4 is 28.9 Å². The third-order valence-electron chi connectivity index (χ3n) is 6.78. The first kappa shape index (κ1) is 30.5. The number of hydrogen-bond donors (Lipinski definition) is 2. The molecule has 2 aromatic carbocycles. The van der Waals surface area contributed by atoms with E-state index in [1.807, 2.05) is 30.3 Å². The molecule has 2 N–H and O–H groups in total. The lowest BCUT2D eigenvalue weighted by molar-refractivity contribution is -0.150. The molecule has 1 aromatic heterocycles. The largest absolute Gasteiger partial charge is 0.497 e. The fourth-order valence-corrected chi connectivity index (χ4v) is 4.77. The topological polar surface area (TPSA) is 140 Å². The monoisotopic (exact) mass is 578 g/mol. The molecule has 2 amide bonds. The lowest BCUT2D eigenvalue weighted by atomic mass is 9.85. The third kappa shape index (κ3) is 7.07. The fraction of sp³-hybridized carbons (Fsp3) is 0.452. The number of likely N-dealkylation sites (tertiary alicyclic amines) is 1. The number of aliphatic carboxylic acids is 1. The molecule has 3 aromatic rings. The Kier molecular flexibility index (Phi) is 8.60. The number of rotatable bonds is 7. The van der Waals surface area contributed by atoms with Crippen molar-refractivity contribution in [2.45, 2.75) is 71.8 Å². The van der Waals surface area contributed by atoms with Crippen LogP contribution in [0.15, 0.2) is 48.5 Å². The summed E-state index contributed by atoms with van der Waals surface area (Å²) in [6.45, 7) is 10.5. The van der Waals surface area contributed by atoms with E-state index in [0.717, 1.165) is 5.56 Å². The summed E-state index contributed by atoms with van der Waals surface area (Å²) in [7, 11) is 1.55. The fourth-order valence-electron chi connectivity index (χ4n) is 4.77. The van der Waals surface area contributed by atoms with Crippen molar-refractivity contribution in [1.82, 2.24) is 20.2 Å². The normalized spacial score (nSPS) is 17.9. The number of carboxylic acid groups (broad SMARTS) is 1. The molecule has 0 radical (unpaired) electrons. The van der Waals surface area contributed by atoms with E-state index >= 15 is 0 Å². The zero-order chi connectivity index (χ0) is 30.8. The minimum absolute atomic E-state index is 0.0193. The lowest BCUT2D eigenvalue weighted by Gasteiger charge is -2.35. The van der Waals surface area contributed by atoms with Gasteiger partial charge in [-0.15, -0.1) is 0 Å². The highest BCUT2D eigenvalue weighted by atomic mass is 16.6. The summed E-state index contributed by atoms with van der Waals surface area (Å²) in [5.74, 6) is -0.431. The van der Waals surface area contributed by atoms with Crippen LogP contribution in [0, 0.1) is 5.41 Å². The number of alkyl carbamates (subject to hydrolysis) is 1. The predicted molar refractivity (Wildman–Crippen MR) is 156 cm³/mol. The number of amides is 2. The standard InChI is InChI=1S/C31H38N4O7/c1-30(2,3)24(33-29(39)42-31(4,5)6)27(36)35-17-20(16-23(35)28(37)38)41-26-21-15-19(40-7)13-14-22(21)32-25(34-26)18-11-9-8-10-12-18/h8-15,20,23-24H,16-17H2,1-7H3,(H,33,39)(H,37,38)/t20?,23?,24-/m1/s1. The Balaban J connectivity index is 1.65. The molecule has 42 heavy (non-hydrogen) atoms. The highest BCUT2D eigenvalue weighted by molar-refractivity contribution is 5.91. The Morgan fingerprint density at radius 1 is 1.02 bits per heavy atom. The first-order valence-electron chi connectivity index (χ1n) is 13.8. The zero-order valence-electron chi connectivity index (χ0n) is 25.0. The van der Waals surface area contributed by atoms with E-state index < -0.39 is 47.2 Å². The highest BCUT2D eigenvalue weighted by Crippen LogP contribution is 2.33. The maximum atomic E-state index is 13.8. The van der Waals surface area contributed by atoms with Crippen LogP contribution in [0.25, 0.3) is 22.3 Å². The maximum absolute atomic E-state index is 13.8. The summed E-state index contributed by atoms with van der Waals surface area (Å²) in [5, 5.41) is 13.3. The Labute approximate surface area is 245 Å². The first-order chi connectivity index (χ1) is 19.7. The van der Waals surface area contributed by atoms with E-state index in [2.05, 4.69) is 15.3 Å². The number of aromatic nitrogens is 2. The van der Waals surface area contributed by atoms with E-state index in [9.17, 15) is 19.5 Å². The quantitative estimate of drug-likeness (QED) is 0.409. The molecule has 0 spiro atoms. The van der Waals surface area contributed by atoms with Gasteiger partial charge in [-0.3, -0.25) is 4.79 Å². The first-order valence-corrected chi connectivity index (χ1v) is 13.8. The van der Waals surface area contributed by atoms with Crippen molar-refractivity contribution in [1.29, 1.82) is 0 Å². The van der Waals surface area contributed by atoms with Gasteiger partial charge in [0.2, 0.25) is 11.8 Å². The van der Waals surface area contributed by atoms with Crippen LogP contribution in [0.3, 0.4) is 0 Å². The van der Waals surface area contributed by atoms with Gasteiger partial charge < -0.3 is 29.5 Å². The summed E-state index contributed by atoms with van der Waals surface area (Å²) >= 11 is 0. The van der Waals surface area contributed by atoms with Crippen LogP contribution in [0.2, 0.25) is 0 Å². The predicted octanol–water partition coefficient (Wildman–Crippen LogP) is 4.68. The molecule has 1 saturated heterocycles. The molecule has 1 aliphatic rings. The smallest absolute Gasteiger partial charge is 0.408 e. The van der Waals surface area contributed by atoms with Crippen LogP contribution in [0.5, 0.6) is 11.6 Å².